The van der Waals surface area contributed by atoms with Crippen molar-refractivity contribution in [3.63, 3.8) is 0 Å². The molecule has 1 aliphatic heterocycles. The molecule has 116 valence electrons. The highest BCUT2D eigenvalue weighted by molar-refractivity contribution is 5.74. The molecule has 1 fully saturated rings. The van der Waals surface area contributed by atoms with Crippen LogP contribution in [-0.4, -0.2) is 39.7 Å². The molecule has 2 heterocycles. The maximum absolute atomic E-state index is 12.0. The summed E-state index contributed by atoms with van der Waals surface area (Å²) in [5.74, 6) is 0.240. The molecule has 3 rings (SSSR count). The molecule has 0 radical (unpaired) electrons. The number of ether oxygens (including phenoxy) is 1. The number of aryl methyl sites for hydroxylation is 1. The van der Waals surface area contributed by atoms with Gasteiger partial charge in [-0.25, -0.2) is 14.8 Å². The van der Waals surface area contributed by atoms with Gasteiger partial charge in [-0.2, -0.15) is 0 Å². The Bertz CT molecular complexity index is 715. The second kappa shape index (κ2) is 5.23. The van der Waals surface area contributed by atoms with E-state index in [1.54, 1.807) is 4.90 Å². The SMILES string of the molecule is Cc1nc2ccccc2nc1C1CN(C(=O)OC(C)(C)C)C1. The number of hydrogen-bond donors (Lipinski definition) is 0. The minimum atomic E-state index is -0.457. The minimum Gasteiger partial charge on any atom is -0.444 e. The van der Waals surface area contributed by atoms with E-state index in [-0.39, 0.29) is 12.0 Å². The molecule has 0 bridgehead atoms. The molecule has 2 aromatic rings. The van der Waals surface area contributed by atoms with E-state index < -0.39 is 5.60 Å². The predicted octanol–water partition coefficient (Wildman–Crippen LogP) is 3.27. The second-order valence-corrected chi connectivity index (χ2v) is 6.77. The molecule has 0 atom stereocenters. The van der Waals surface area contributed by atoms with Crippen molar-refractivity contribution in [2.75, 3.05) is 13.1 Å². The lowest BCUT2D eigenvalue weighted by atomic mass is 9.95. The van der Waals surface area contributed by atoms with Crippen LogP contribution in [0, 0.1) is 6.92 Å². The fourth-order valence-electron chi connectivity index (χ4n) is 2.62. The van der Waals surface area contributed by atoms with Crippen LogP contribution in [0.2, 0.25) is 0 Å². The Labute approximate surface area is 130 Å². The van der Waals surface area contributed by atoms with E-state index in [0.29, 0.717) is 13.1 Å². The van der Waals surface area contributed by atoms with Gasteiger partial charge in [0.1, 0.15) is 5.60 Å². The summed E-state index contributed by atoms with van der Waals surface area (Å²) in [6.45, 7) is 8.89. The molecule has 0 N–H and O–H groups in total. The van der Waals surface area contributed by atoms with Gasteiger partial charge >= 0.3 is 6.09 Å². The molecular formula is C17H21N3O2. The molecule has 0 saturated carbocycles. The Balaban J connectivity index is 1.73. The van der Waals surface area contributed by atoms with Gasteiger partial charge in [0.25, 0.3) is 0 Å². The zero-order valence-electron chi connectivity index (χ0n) is 13.5. The molecule has 5 nitrogen and oxygen atoms in total. The monoisotopic (exact) mass is 299 g/mol. The number of rotatable bonds is 1. The molecule has 1 saturated heterocycles. The normalized spacial score (nSPS) is 15.7. The summed E-state index contributed by atoms with van der Waals surface area (Å²) in [6, 6.07) is 7.86. The van der Waals surface area contributed by atoms with Crippen LogP contribution in [0.25, 0.3) is 11.0 Å². The van der Waals surface area contributed by atoms with Gasteiger partial charge in [0.2, 0.25) is 0 Å². The highest BCUT2D eigenvalue weighted by Crippen LogP contribution is 2.29. The number of carbonyl (C=O) groups is 1. The van der Waals surface area contributed by atoms with Gasteiger partial charge in [-0.1, -0.05) is 12.1 Å². The fourth-order valence-corrected chi connectivity index (χ4v) is 2.62. The molecule has 0 unspecified atom stereocenters. The molecule has 0 spiro atoms. The lowest BCUT2D eigenvalue weighted by Gasteiger charge is -2.39. The van der Waals surface area contributed by atoms with Crippen molar-refractivity contribution in [3.8, 4) is 0 Å². The van der Waals surface area contributed by atoms with Crippen LogP contribution in [-0.2, 0) is 4.74 Å². The van der Waals surface area contributed by atoms with Gasteiger partial charge in [-0.15, -0.1) is 0 Å². The summed E-state index contributed by atoms with van der Waals surface area (Å²) in [7, 11) is 0. The number of hydrogen-bond acceptors (Lipinski definition) is 4. The van der Waals surface area contributed by atoms with Crippen LogP contribution in [0.3, 0.4) is 0 Å². The van der Waals surface area contributed by atoms with Crippen LogP contribution in [0.5, 0.6) is 0 Å². The van der Waals surface area contributed by atoms with Crippen LogP contribution in [0.4, 0.5) is 4.79 Å². The van der Waals surface area contributed by atoms with Gasteiger partial charge in [0, 0.05) is 19.0 Å². The Kier molecular flexibility index (Phi) is 3.51. The number of amides is 1. The first kappa shape index (κ1) is 14.8. The largest absolute Gasteiger partial charge is 0.444 e. The van der Waals surface area contributed by atoms with Crippen LogP contribution in [0.1, 0.15) is 38.1 Å². The molecule has 1 aromatic carbocycles. The Morgan fingerprint density at radius 2 is 1.77 bits per heavy atom. The Morgan fingerprint density at radius 3 is 2.36 bits per heavy atom. The summed E-state index contributed by atoms with van der Waals surface area (Å²) in [5, 5.41) is 0. The summed E-state index contributed by atoms with van der Waals surface area (Å²) < 4.78 is 5.38. The third kappa shape index (κ3) is 2.89. The van der Waals surface area contributed by atoms with Gasteiger partial charge in [0.05, 0.1) is 22.4 Å². The summed E-state index contributed by atoms with van der Waals surface area (Å²) in [4.78, 5) is 23.0. The zero-order valence-corrected chi connectivity index (χ0v) is 13.5. The quantitative estimate of drug-likeness (QED) is 0.811. The molecular weight excluding hydrogens is 278 g/mol. The molecule has 1 aromatic heterocycles. The first-order valence-corrected chi connectivity index (χ1v) is 7.55. The number of para-hydroxylation sites is 2. The average Bonchev–Trinajstić information content (AvgIpc) is 2.35. The third-order valence-electron chi connectivity index (χ3n) is 3.70. The smallest absolute Gasteiger partial charge is 0.410 e. The van der Waals surface area contributed by atoms with E-state index in [4.69, 9.17) is 9.72 Å². The third-order valence-corrected chi connectivity index (χ3v) is 3.70. The lowest BCUT2D eigenvalue weighted by molar-refractivity contribution is 0.00780. The highest BCUT2D eigenvalue weighted by Gasteiger charge is 2.36. The van der Waals surface area contributed by atoms with E-state index >= 15 is 0 Å². The van der Waals surface area contributed by atoms with E-state index in [1.165, 1.54) is 0 Å². The van der Waals surface area contributed by atoms with Crippen molar-refractivity contribution >= 4 is 17.1 Å². The number of aromatic nitrogens is 2. The van der Waals surface area contributed by atoms with E-state index in [0.717, 1.165) is 22.4 Å². The van der Waals surface area contributed by atoms with Crippen molar-refractivity contribution in [3.05, 3.63) is 35.7 Å². The predicted molar refractivity (Wildman–Crippen MR) is 84.8 cm³/mol. The van der Waals surface area contributed by atoms with Crippen molar-refractivity contribution in [2.45, 2.75) is 39.2 Å². The van der Waals surface area contributed by atoms with Crippen LogP contribution < -0.4 is 0 Å². The van der Waals surface area contributed by atoms with Crippen molar-refractivity contribution in [1.29, 1.82) is 0 Å². The number of likely N-dealkylation sites (tertiary alicyclic amines) is 1. The van der Waals surface area contributed by atoms with Crippen LogP contribution in [0.15, 0.2) is 24.3 Å². The molecule has 5 heteroatoms. The number of fused-ring (bicyclic) bond motifs is 1. The zero-order chi connectivity index (χ0) is 15.9. The topological polar surface area (TPSA) is 55.3 Å². The number of benzene rings is 1. The van der Waals surface area contributed by atoms with Gasteiger partial charge in [-0.3, -0.25) is 0 Å². The van der Waals surface area contributed by atoms with E-state index in [2.05, 4.69) is 4.98 Å². The van der Waals surface area contributed by atoms with Crippen LogP contribution >= 0.6 is 0 Å². The average molecular weight is 299 g/mol. The Morgan fingerprint density at radius 1 is 1.18 bits per heavy atom. The van der Waals surface area contributed by atoms with Crippen molar-refractivity contribution in [2.24, 2.45) is 0 Å². The number of carbonyl (C=O) groups excluding carboxylic acids is 1. The maximum Gasteiger partial charge on any atom is 0.410 e. The van der Waals surface area contributed by atoms with Crippen molar-refractivity contribution < 1.29 is 9.53 Å². The van der Waals surface area contributed by atoms with Crippen molar-refractivity contribution in [1.82, 2.24) is 14.9 Å². The Hall–Kier alpha value is -2.17. The molecule has 22 heavy (non-hydrogen) atoms. The summed E-state index contributed by atoms with van der Waals surface area (Å²) in [6.07, 6.45) is -0.254. The van der Waals surface area contributed by atoms with E-state index in [9.17, 15) is 4.79 Å². The van der Waals surface area contributed by atoms with E-state index in [1.807, 2.05) is 52.0 Å². The van der Waals surface area contributed by atoms with Gasteiger partial charge < -0.3 is 9.64 Å². The van der Waals surface area contributed by atoms with Gasteiger partial charge in [-0.05, 0) is 39.8 Å². The molecule has 0 aliphatic carbocycles. The lowest BCUT2D eigenvalue weighted by Crippen LogP contribution is -2.50. The second-order valence-electron chi connectivity index (χ2n) is 6.77. The van der Waals surface area contributed by atoms with Gasteiger partial charge in [0.15, 0.2) is 0 Å². The summed E-state index contributed by atoms with van der Waals surface area (Å²) in [5.41, 5.74) is 3.28. The molecule has 1 aliphatic rings. The number of nitrogens with zero attached hydrogens (tertiary/aromatic N) is 3. The first-order valence-electron chi connectivity index (χ1n) is 7.55. The standard InChI is InChI=1S/C17H21N3O2/c1-11-15(19-14-8-6-5-7-13(14)18-11)12-9-20(10-12)16(21)22-17(2,3)4/h5-8,12H,9-10H2,1-4H3. The molecule has 1 amide bonds. The highest BCUT2D eigenvalue weighted by atomic mass is 16.6. The first-order chi connectivity index (χ1) is 10.3. The minimum absolute atomic E-state index is 0.240. The summed E-state index contributed by atoms with van der Waals surface area (Å²) >= 11 is 0. The maximum atomic E-state index is 12.0. The fraction of sp³-hybridized carbons (Fsp3) is 0.471.